The molecular formula is C13H23NO5. The van der Waals surface area contributed by atoms with Gasteiger partial charge >= 0.3 is 5.97 Å². The molecule has 0 aromatic carbocycles. The maximum absolute atomic E-state index is 12.3. The van der Waals surface area contributed by atoms with E-state index in [1.165, 1.54) is 0 Å². The fourth-order valence-electron chi connectivity index (χ4n) is 2.14. The molecule has 0 saturated carbocycles. The van der Waals surface area contributed by atoms with Gasteiger partial charge in [0.05, 0.1) is 6.61 Å². The van der Waals surface area contributed by atoms with E-state index in [9.17, 15) is 9.59 Å². The van der Waals surface area contributed by atoms with Crippen molar-refractivity contribution >= 4 is 11.9 Å². The van der Waals surface area contributed by atoms with Gasteiger partial charge in [0, 0.05) is 20.2 Å². The molecule has 0 aromatic heterocycles. The van der Waals surface area contributed by atoms with E-state index in [2.05, 4.69) is 0 Å². The smallest absolute Gasteiger partial charge is 0.332 e. The fraction of sp³-hybridized carbons (Fsp3) is 0.846. The summed E-state index contributed by atoms with van der Waals surface area (Å²) in [6.45, 7) is 5.66. The Labute approximate surface area is 113 Å². The van der Waals surface area contributed by atoms with E-state index in [0.717, 1.165) is 0 Å². The van der Waals surface area contributed by atoms with Crippen LogP contribution in [-0.4, -0.2) is 60.9 Å². The molecule has 1 fully saturated rings. The molecule has 6 heteroatoms. The molecule has 1 aliphatic heterocycles. The predicted octanol–water partition coefficient (Wildman–Crippen LogP) is 0.750. The van der Waals surface area contributed by atoms with Crippen LogP contribution < -0.4 is 0 Å². The number of hydrogen-bond acceptors (Lipinski definition) is 4. The van der Waals surface area contributed by atoms with Crippen molar-refractivity contribution in [1.29, 1.82) is 0 Å². The zero-order chi connectivity index (χ0) is 14.4. The van der Waals surface area contributed by atoms with Crippen LogP contribution in [0.2, 0.25) is 0 Å². The minimum atomic E-state index is -0.998. The van der Waals surface area contributed by atoms with Crippen LogP contribution in [0.5, 0.6) is 0 Å². The minimum absolute atomic E-state index is 0.130. The van der Waals surface area contributed by atoms with Gasteiger partial charge in [0.2, 0.25) is 0 Å². The number of aliphatic carboxylic acids is 1. The molecule has 0 bridgehead atoms. The van der Waals surface area contributed by atoms with Crippen LogP contribution in [-0.2, 0) is 19.1 Å². The van der Waals surface area contributed by atoms with Crippen molar-refractivity contribution in [3.8, 4) is 0 Å². The van der Waals surface area contributed by atoms with E-state index in [1.54, 1.807) is 12.0 Å². The number of carbonyl (C=O) groups excluding carboxylic acids is 1. The van der Waals surface area contributed by atoms with Crippen LogP contribution in [0.25, 0.3) is 0 Å². The van der Waals surface area contributed by atoms with Crippen molar-refractivity contribution in [2.75, 3.05) is 26.8 Å². The summed E-state index contributed by atoms with van der Waals surface area (Å²) >= 11 is 0. The number of nitrogens with zero attached hydrogens (tertiary/aromatic N) is 1. The largest absolute Gasteiger partial charge is 0.479 e. The summed E-state index contributed by atoms with van der Waals surface area (Å²) in [6.07, 6.45) is -0.614. The third-order valence-electron chi connectivity index (χ3n) is 3.03. The van der Waals surface area contributed by atoms with Gasteiger partial charge in [0.25, 0.3) is 5.91 Å². The first-order chi connectivity index (χ1) is 8.95. The summed E-state index contributed by atoms with van der Waals surface area (Å²) < 4.78 is 10.3. The summed E-state index contributed by atoms with van der Waals surface area (Å²) in [5.41, 5.74) is 0. The van der Waals surface area contributed by atoms with Crippen molar-refractivity contribution in [3.05, 3.63) is 0 Å². The van der Waals surface area contributed by atoms with Gasteiger partial charge in [0.1, 0.15) is 6.10 Å². The van der Waals surface area contributed by atoms with Gasteiger partial charge in [0.15, 0.2) is 6.10 Å². The third-order valence-corrected chi connectivity index (χ3v) is 3.03. The molecule has 1 heterocycles. The van der Waals surface area contributed by atoms with Crippen molar-refractivity contribution < 1.29 is 24.2 Å². The Kier molecular flexibility index (Phi) is 6.24. The minimum Gasteiger partial charge on any atom is -0.479 e. The first-order valence-corrected chi connectivity index (χ1v) is 6.61. The monoisotopic (exact) mass is 273 g/mol. The Morgan fingerprint density at radius 3 is 2.47 bits per heavy atom. The number of ether oxygens (including phenoxy) is 2. The van der Waals surface area contributed by atoms with Gasteiger partial charge in [-0.2, -0.15) is 0 Å². The Bertz CT molecular complexity index is 318. The number of carboxylic acids is 1. The summed E-state index contributed by atoms with van der Waals surface area (Å²) in [6, 6.07) is 0. The van der Waals surface area contributed by atoms with Crippen LogP contribution in [0.4, 0.5) is 0 Å². The quantitative estimate of drug-likeness (QED) is 0.740. The lowest BCUT2D eigenvalue weighted by atomic mass is 10.1. The SMILES string of the molecule is COCCN(CC(C)C)C(=O)[C@@H]1CC[C@H](C(=O)O)O1. The lowest BCUT2D eigenvalue weighted by Crippen LogP contribution is -2.43. The maximum Gasteiger partial charge on any atom is 0.332 e. The molecule has 0 aromatic rings. The second kappa shape index (κ2) is 7.45. The average Bonchev–Trinajstić information content (AvgIpc) is 2.82. The number of methoxy groups -OCH3 is 1. The fourth-order valence-corrected chi connectivity index (χ4v) is 2.14. The third kappa shape index (κ3) is 4.80. The second-order valence-corrected chi connectivity index (χ2v) is 5.20. The van der Waals surface area contributed by atoms with Crippen molar-refractivity contribution in [2.24, 2.45) is 5.92 Å². The molecule has 1 N–H and O–H groups in total. The molecule has 2 atom stereocenters. The summed E-state index contributed by atoms with van der Waals surface area (Å²) in [5.74, 6) is -0.783. The van der Waals surface area contributed by atoms with Gasteiger partial charge in [-0.1, -0.05) is 13.8 Å². The molecule has 0 unspecified atom stereocenters. The van der Waals surface area contributed by atoms with Gasteiger partial charge in [-0.25, -0.2) is 4.79 Å². The number of hydrogen-bond donors (Lipinski definition) is 1. The van der Waals surface area contributed by atoms with Gasteiger partial charge < -0.3 is 19.5 Å². The van der Waals surface area contributed by atoms with Crippen LogP contribution in [0.15, 0.2) is 0 Å². The van der Waals surface area contributed by atoms with E-state index in [1.807, 2.05) is 13.8 Å². The van der Waals surface area contributed by atoms with Gasteiger partial charge in [-0.15, -0.1) is 0 Å². The van der Waals surface area contributed by atoms with Crippen LogP contribution >= 0.6 is 0 Å². The summed E-state index contributed by atoms with van der Waals surface area (Å²) in [4.78, 5) is 24.8. The number of carboxylic acid groups (broad SMARTS) is 1. The Morgan fingerprint density at radius 2 is 2.00 bits per heavy atom. The number of carbonyl (C=O) groups is 2. The molecule has 1 rings (SSSR count). The average molecular weight is 273 g/mol. The zero-order valence-corrected chi connectivity index (χ0v) is 11.8. The topological polar surface area (TPSA) is 76.1 Å². The van der Waals surface area contributed by atoms with Gasteiger partial charge in [-0.3, -0.25) is 4.79 Å². The standard InChI is InChI=1S/C13H23NO5/c1-9(2)8-14(6-7-18-3)12(15)10-4-5-11(19-10)13(16)17/h9-11H,4-8H2,1-3H3,(H,16,17)/t10-,11+/m0/s1. The summed E-state index contributed by atoms with van der Waals surface area (Å²) in [5, 5.41) is 8.87. The van der Waals surface area contributed by atoms with Crippen molar-refractivity contribution in [3.63, 3.8) is 0 Å². The lowest BCUT2D eigenvalue weighted by molar-refractivity contribution is -0.155. The number of amides is 1. The van der Waals surface area contributed by atoms with Crippen LogP contribution in [0.3, 0.4) is 0 Å². The highest BCUT2D eigenvalue weighted by Gasteiger charge is 2.36. The highest BCUT2D eigenvalue weighted by molar-refractivity contribution is 5.82. The molecule has 1 saturated heterocycles. The second-order valence-electron chi connectivity index (χ2n) is 5.20. The predicted molar refractivity (Wildman–Crippen MR) is 68.8 cm³/mol. The molecule has 110 valence electrons. The lowest BCUT2D eigenvalue weighted by Gasteiger charge is -2.26. The van der Waals surface area contributed by atoms with Crippen molar-refractivity contribution in [1.82, 2.24) is 4.90 Å². The molecule has 0 radical (unpaired) electrons. The van der Waals surface area contributed by atoms with E-state index >= 15 is 0 Å². The molecule has 1 amide bonds. The first-order valence-electron chi connectivity index (χ1n) is 6.61. The normalized spacial score (nSPS) is 22.7. The molecule has 1 aliphatic rings. The molecule has 0 aliphatic carbocycles. The Morgan fingerprint density at radius 1 is 1.37 bits per heavy atom. The van der Waals surface area contributed by atoms with Gasteiger partial charge in [-0.05, 0) is 18.8 Å². The Hall–Kier alpha value is -1.14. The highest BCUT2D eigenvalue weighted by atomic mass is 16.5. The first kappa shape index (κ1) is 15.9. The summed E-state index contributed by atoms with van der Waals surface area (Å²) in [7, 11) is 1.59. The molecular weight excluding hydrogens is 250 g/mol. The zero-order valence-electron chi connectivity index (χ0n) is 11.8. The Balaban J connectivity index is 2.58. The molecule has 6 nitrogen and oxygen atoms in total. The van der Waals surface area contributed by atoms with E-state index < -0.39 is 18.2 Å². The van der Waals surface area contributed by atoms with E-state index in [-0.39, 0.29) is 5.91 Å². The molecule has 0 spiro atoms. The van der Waals surface area contributed by atoms with E-state index in [4.69, 9.17) is 14.6 Å². The van der Waals surface area contributed by atoms with Crippen molar-refractivity contribution in [2.45, 2.75) is 38.9 Å². The maximum atomic E-state index is 12.3. The van der Waals surface area contributed by atoms with E-state index in [0.29, 0.717) is 38.5 Å². The van der Waals surface area contributed by atoms with Crippen LogP contribution in [0.1, 0.15) is 26.7 Å². The highest BCUT2D eigenvalue weighted by Crippen LogP contribution is 2.22. The molecule has 19 heavy (non-hydrogen) atoms. The number of rotatable bonds is 7. The van der Waals surface area contributed by atoms with Crippen LogP contribution in [0, 0.1) is 5.92 Å².